The molecule has 0 saturated carbocycles. The van der Waals surface area contributed by atoms with E-state index in [9.17, 15) is 4.79 Å². The largest absolute Gasteiger partial charge is 0.409 e. The van der Waals surface area contributed by atoms with Gasteiger partial charge in [0.15, 0.2) is 5.84 Å². The maximum atomic E-state index is 12.4. The Bertz CT molecular complexity index is 383. The van der Waals surface area contributed by atoms with Gasteiger partial charge in [0.1, 0.15) is 0 Å². The van der Waals surface area contributed by atoms with Gasteiger partial charge in [0.05, 0.1) is 5.54 Å². The van der Waals surface area contributed by atoms with Crippen molar-refractivity contribution < 1.29 is 10.0 Å². The van der Waals surface area contributed by atoms with Crippen LogP contribution in [0.15, 0.2) is 5.16 Å². The van der Waals surface area contributed by atoms with Crippen LogP contribution in [0.1, 0.15) is 41.0 Å². The minimum absolute atomic E-state index is 0.200. The molecule has 0 aromatic heterocycles. The third-order valence-corrected chi connectivity index (χ3v) is 4.55. The van der Waals surface area contributed by atoms with Crippen LogP contribution < -0.4 is 5.73 Å². The quantitative estimate of drug-likeness (QED) is 0.350. The zero-order valence-corrected chi connectivity index (χ0v) is 13.3. The summed E-state index contributed by atoms with van der Waals surface area (Å²) in [5.74, 6) is 0.410. The predicted octanol–water partition coefficient (Wildman–Crippen LogP) is 1.09. The first kappa shape index (κ1) is 16.8. The molecule has 1 saturated heterocycles. The molecule has 0 aromatic rings. The fraction of sp³-hybridized carbons (Fsp3) is 0.857. The fourth-order valence-corrected chi connectivity index (χ4v) is 2.33. The number of oxime groups is 1. The lowest BCUT2D eigenvalue weighted by Crippen LogP contribution is -2.61. The van der Waals surface area contributed by atoms with Crippen molar-refractivity contribution >= 4 is 11.7 Å². The number of hydrogen-bond acceptors (Lipinski definition) is 4. The number of nitrogens with two attached hydrogens (primary N) is 1. The number of hydrogen-bond donors (Lipinski definition) is 2. The smallest absolute Gasteiger partial charge is 0.228 e. The standard InChI is InChI=1S/C14H28N4O2/c1-6-13(2,3)12(19)17-7-9-18(10-8-17)14(4,5)11(15)16-20/h20H,6-10H2,1-5H3,(H2,15,16). The van der Waals surface area contributed by atoms with E-state index in [0.29, 0.717) is 13.1 Å². The van der Waals surface area contributed by atoms with Gasteiger partial charge in [-0.3, -0.25) is 9.69 Å². The monoisotopic (exact) mass is 284 g/mol. The van der Waals surface area contributed by atoms with Crippen LogP contribution in [0.5, 0.6) is 0 Å². The molecule has 116 valence electrons. The third-order valence-electron chi connectivity index (χ3n) is 4.55. The second kappa shape index (κ2) is 5.99. The predicted molar refractivity (Wildman–Crippen MR) is 79.7 cm³/mol. The van der Waals surface area contributed by atoms with Gasteiger partial charge in [0.25, 0.3) is 0 Å². The van der Waals surface area contributed by atoms with Gasteiger partial charge in [-0.1, -0.05) is 25.9 Å². The molecule has 1 aliphatic rings. The average molecular weight is 284 g/mol. The van der Waals surface area contributed by atoms with Gasteiger partial charge in [-0.05, 0) is 20.3 Å². The van der Waals surface area contributed by atoms with Crippen molar-refractivity contribution in [2.24, 2.45) is 16.3 Å². The Balaban J connectivity index is 2.67. The maximum Gasteiger partial charge on any atom is 0.228 e. The van der Waals surface area contributed by atoms with Gasteiger partial charge in [0, 0.05) is 31.6 Å². The maximum absolute atomic E-state index is 12.4. The van der Waals surface area contributed by atoms with Crippen LogP contribution in [0.2, 0.25) is 0 Å². The van der Waals surface area contributed by atoms with Crippen molar-refractivity contribution in [2.75, 3.05) is 26.2 Å². The molecule has 3 N–H and O–H groups in total. The molecule has 6 heteroatoms. The molecule has 0 spiro atoms. The molecule has 1 fully saturated rings. The summed E-state index contributed by atoms with van der Waals surface area (Å²) in [5, 5.41) is 12.0. The van der Waals surface area contributed by atoms with Crippen LogP contribution in [-0.4, -0.2) is 58.5 Å². The van der Waals surface area contributed by atoms with E-state index >= 15 is 0 Å². The summed E-state index contributed by atoms with van der Waals surface area (Å²) in [6.07, 6.45) is 0.835. The highest BCUT2D eigenvalue weighted by Crippen LogP contribution is 2.25. The van der Waals surface area contributed by atoms with Crippen LogP contribution in [-0.2, 0) is 4.79 Å². The SMILES string of the molecule is CCC(C)(C)C(=O)N1CCN(C(C)(C)C(N)=NO)CC1. The molecule has 1 heterocycles. The molecular weight excluding hydrogens is 256 g/mol. The minimum Gasteiger partial charge on any atom is -0.409 e. The Morgan fingerprint density at radius 1 is 1.20 bits per heavy atom. The summed E-state index contributed by atoms with van der Waals surface area (Å²) in [5.41, 5.74) is 4.95. The normalized spacial score (nSPS) is 19.2. The summed E-state index contributed by atoms with van der Waals surface area (Å²) >= 11 is 0. The van der Waals surface area contributed by atoms with Gasteiger partial charge in [-0.25, -0.2) is 0 Å². The van der Waals surface area contributed by atoms with Crippen molar-refractivity contribution in [3.63, 3.8) is 0 Å². The van der Waals surface area contributed by atoms with Crippen molar-refractivity contribution in [2.45, 2.75) is 46.6 Å². The van der Waals surface area contributed by atoms with Gasteiger partial charge < -0.3 is 15.8 Å². The summed E-state index contributed by atoms with van der Waals surface area (Å²) in [7, 11) is 0. The van der Waals surface area contributed by atoms with Crippen molar-refractivity contribution in [1.29, 1.82) is 0 Å². The van der Waals surface area contributed by atoms with Gasteiger partial charge >= 0.3 is 0 Å². The van der Waals surface area contributed by atoms with Crippen LogP contribution in [0.3, 0.4) is 0 Å². The van der Waals surface area contributed by atoms with Gasteiger partial charge in [0.2, 0.25) is 5.91 Å². The number of nitrogens with zero attached hydrogens (tertiary/aromatic N) is 3. The summed E-state index contributed by atoms with van der Waals surface area (Å²) in [6.45, 7) is 12.7. The van der Waals surface area contributed by atoms with Crippen molar-refractivity contribution in [3.8, 4) is 0 Å². The van der Waals surface area contributed by atoms with Crippen molar-refractivity contribution in [3.05, 3.63) is 0 Å². The highest BCUT2D eigenvalue weighted by atomic mass is 16.4. The zero-order valence-electron chi connectivity index (χ0n) is 13.3. The van der Waals surface area contributed by atoms with E-state index in [4.69, 9.17) is 10.9 Å². The number of amidine groups is 1. The second-order valence-electron chi connectivity index (χ2n) is 6.56. The zero-order chi connectivity index (χ0) is 15.6. The summed E-state index contributed by atoms with van der Waals surface area (Å²) in [4.78, 5) is 16.5. The van der Waals surface area contributed by atoms with Gasteiger partial charge in [-0.2, -0.15) is 0 Å². The molecule has 1 aliphatic heterocycles. The van der Waals surface area contributed by atoms with E-state index in [1.165, 1.54) is 0 Å². The Labute approximate surface area is 121 Å². The molecule has 6 nitrogen and oxygen atoms in total. The fourth-order valence-electron chi connectivity index (χ4n) is 2.33. The van der Waals surface area contributed by atoms with E-state index < -0.39 is 5.54 Å². The number of amides is 1. The number of carbonyl (C=O) groups is 1. The molecule has 0 unspecified atom stereocenters. The number of piperazine rings is 1. The van der Waals surface area contributed by atoms with E-state index in [1.54, 1.807) is 0 Å². The van der Waals surface area contributed by atoms with E-state index in [1.807, 2.05) is 39.5 Å². The Hall–Kier alpha value is -1.30. The Morgan fingerprint density at radius 3 is 2.10 bits per heavy atom. The average Bonchev–Trinajstić information content (AvgIpc) is 2.45. The number of rotatable bonds is 4. The van der Waals surface area contributed by atoms with E-state index in [0.717, 1.165) is 19.5 Å². The molecule has 0 atom stereocenters. The Kier molecular flexibility index (Phi) is 5.02. The molecule has 1 amide bonds. The highest BCUT2D eigenvalue weighted by Gasteiger charge is 2.37. The van der Waals surface area contributed by atoms with Crippen molar-refractivity contribution in [1.82, 2.24) is 9.80 Å². The van der Waals surface area contributed by atoms with E-state index in [2.05, 4.69) is 10.1 Å². The van der Waals surface area contributed by atoms with Gasteiger partial charge in [-0.15, -0.1) is 0 Å². The third kappa shape index (κ3) is 3.23. The van der Waals surface area contributed by atoms with E-state index in [-0.39, 0.29) is 17.2 Å². The van der Waals surface area contributed by atoms with Crippen LogP contribution in [0.4, 0.5) is 0 Å². The summed E-state index contributed by atoms with van der Waals surface area (Å²) < 4.78 is 0. The number of carbonyl (C=O) groups excluding carboxylic acids is 1. The molecule has 1 rings (SSSR count). The Morgan fingerprint density at radius 2 is 1.70 bits per heavy atom. The lowest BCUT2D eigenvalue weighted by molar-refractivity contribution is -0.142. The molecule has 0 aliphatic carbocycles. The lowest BCUT2D eigenvalue weighted by Gasteiger charge is -2.44. The topological polar surface area (TPSA) is 82.2 Å². The molecule has 0 radical (unpaired) electrons. The molecule has 20 heavy (non-hydrogen) atoms. The molecular formula is C14H28N4O2. The minimum atomic E-state index is -0.496. The first-order chi connectivity index (χ1) is 9.16. The molecule has 0 aromatic carbocycles. The van der Waals surface area contributed by atoms with Crippen LogP contribution in [0.25, 0.3) is 0 Å². The van der Waals surface area contributed by atoms with Crippen LogP contribution >= 0.6 is 0 Å². The first-order valence-electron chi connectivity index (χ1n) is 7.19. The molecule has 0 bridgehead atoms. The second-order valence-corrected chi connectivity index (χ2v) is 6.56. The highest BCUT2D eigenvalue weighted by molar-refractivity contribution is 5.88. The first-order valence-corrected chi connectivity index (χ1v) is 7.19. The lowest BCUT2D eigenvalue weighted by atomic mass is 9.88. The summed E-state index contributed by atoms with van der Waals surface area (Å²) in [6, 6.07) is 0. The van der Waals surface area contributed by atoms with Crippen LogP contribution in [0, 0.1) is 5.41 Å².